The lowest BCUT2D eigenvalue weighted by atomic mass is 9.99. The first-order chi connectivity index (χ1) is 9.08. The molecule has 0 aromatic heterocycles. The molecule has 0 amide bonds. The molecule has 1 N–H and O–H groups in total. The number of benzene rings is 1. The first-order valence-electron chi connectivity index (χ1n) is 6.99. The smallest absolute Gasteiger partial charge is 0.312 e. The van der Waals surface area contributed by atoms with Crippen molar-refractivity contribution < 1.29 is 13.2 Å². The van der Waals surface area contributed by atoms with Crippen LogP contribution in [-0.2, 0) is 12.6 Å². The van der Waals surface area contributed by atoms with Crippen molar-refractivity contribution in [3.63, 3.8) is 0 Å². The number of hydrogen-bond acceptors (Lipinski definition) is 1. The molecule has 0 heterocycles. The Morgan fingerprint density at radius 1 is 1.05 bits per heavy atom. The fourth-order valence-corrected chi connectivity index (χ4v) is 1.86. The highest BCUT2D eigenvalue weighted by molar-refractivity contribution is 5.24. The minimum absolute atomic E-state index is 0.0998. The molecule has 0 bridgehead atoms. The van der Waals surface area contributed by atoms with Gasteiger partial charge in [-0.15, -0.1) is 0 Å². The van der Waals surface area contributed by atoms with E-state index in [0.717, 1.165) is 37.1 Å². The van der Waals surface area contributed by atoms with Crippen LogP contribution in [-0.4, -0.2) is 12.1 Å². The summed E-state index contributed by atoms with van der Waals surface area (Å²) in [6.07, 6.45) is -2.47. The second-order valence-electron chi connectivity index (χ2n) is 6.47. The van der Waals surface area contributed by atoms with Crippen LogP contribution in [0.2, 0.25) is 0 Å². The van der Waals surface area contributed by atoms with Crippen molar-refractivity contribution in [1.29, 1.82) is 0 Å². The maximum absolute atomic E-state index is 12.4. The summed E-state index contributed by atoms with van der Waals surface area (Å²) >= 11 is 0. The van der Waals surface area contributed by atoms with Gasteiger partial charge in [0.15, 0.2) is 0 Å². The van der Waals surface area contributed by atoms with Crippen molar-refractivity contribution >= 4 is 0 Å². The fourth-order valence-electron chi connectivity index (χ4n) is 1.86. The van der Waals surface area contributed by atoms with E-state index >= 15 is 0 Å². The van der Waals surface area contributed by atoms with E-state index in [9.17, 15) is 13.2 Å². The van der Waals surface area contributed by atoms with Crippen LogP contribution in [0.4, 0.5) is 13.2 Å². The summed E-state index contributed by atoms with van der Waals surface area (Å²) in [5, 5.41) is 3.44. The predicted molar refractivity (Wildman–Crippen MR) is 76.7 cm³/mol. The Balaban J connectivity index is 2.42. The van der Waals surface area contributed by atoms with Crippen LogP contribution in [0, 0.1) is 5.92 Å². The third kappa shape index (κ3) is 6.42. The van der Waals surface area contributed by atoms with Gasteiger partial charge in [0.1, 0.15) is 0 Å². The molecule has 0 aliphatic heterocycles. The normalized spacial score (nSPS) is 14.3. The van der Waals surface area contributed by atoms with Gasteiger partial charge < -0.3 is 5.32 Å². The van der Waals surface area contributed by atoms with E-state index in [1.807, 2.05) is 0 Å². The largest absolute Gasteiger partial charge is 0.416 e. The van der Waals surface area contributed by atoms with Gasteiger partial charge in [0.2, 0.25) is 0 Å². The first kappa shape index (κ1) is 17.0. The molecule has 1 rings (SSSR count). The van der Waals surface area contributed by atoms with Crippen LogP contribution in [0.5, 0.6) is 0 Å². The van der Waals surface area contributed by atoms with E-state index in [1.54, 1.807) is 12.1 Å². The minimum atomic E-state index is -4.25. The fraction of sp³-hybridized carbons (Fsp3) is 0.625. The Bertz CT molecular complexity index is 401. The zero-order chi connectivity index (χ0) is 15.4. The highest BCUT2D eigenvalue weighted by atomic mass is 19.4. The van der Waals surface area contributed by atoms with Gasteiger partial charge in [0.25, 0.3) is 0 Å². The molecular formula is C16H24F3N. The summed E-state index contributed by atoms with van der Waals surface area (Å²) in [6, 6.07) is 5.47. The maximum atomic E-state index is 12.4. The molecule has 1 aromatic carbocycles. The van der Waals surface area contributed by atoms with E-state index in [0.29, 0.717) is 5.92 Å². The number of alkyl halides is 3. The Morgan fingerprint density at radius 3 is 2.05 bits per heavy atom. The lowest BCUT2D eigenvalue weighted by Crippen LogP contribution is -2.38. The summed E-state index contributed by atoms with van der Waals surface area (Å²) in [6.45, 7) is 9.44. The molecule has 0 saturated carbocycles. The molecule has 114 valence electrons. The summed E-state index contributed by atoms with van der Waals surface area (Å²) in [5.41, 5.74) is 0.479. The van der Waals surface area contributed by atoms with Crippen LogP contribution in [0.3, 0.4) is 0 Å². The molecule has 0 saturated heterocycles. The quantitative estimate of drug-likeness (QED) is 0.830. The zero-order valence-electron chi connectivity index (χ0n) is 12.6. The number of nitrogens with one attached hydrogen (secondary N) is 1. The second-order valence-corrected chi connectivity index (χ2v) is 6.47. The third-order valence-corrected chi connectivity index (χ3v) is 3.19. The zero-order valence-corrected chi connectivity index (χ0v) is 12.6. The van der Waals surface area contributed by atoms with E-state index in [-0.39, 0.29) is 5.54 Å². The van der Waals surface area contributed by atoms with Crippen molar-refractivity contribution in [3.05, 3.63) is 35.4 Å². The summed E-state index contributed by atoms with van der Waals surface area (Å²) in [4.78, 5) is 0. The molecule has 1 aromatic rings. The molecule has 1 unspecified atom stereocenters. The topological polar surface area (TPSA) is 12.0 Å². The van der Waals surface area contributed by atoms with Gasteiger partial charge in [0.05, 0.1) is 5.56 Å². The molecule has 0 fully saturated rings. The minimum Gasteiger partial charge on any atom is -0.312 e. The maximum Gasteiger partial charge on any atom is 0.416 e. The van der Waals surface area contributed by atoms with Gasteiger partial charge in [-0.25, -0.2) is 0 Å². The molecule has 4 heteroatoms. The summed E-state index contributed by atoms with van der Waals surface area (Å²) < 4.78 is 37.3. The Hall–Kier alpha value is -1.03. The van der Waals surface area contributed by atoms with E-state index in [2.05, 4.69) is 33.0 Å². The van der Waals surface area contributed by atoms with E-state index < -0.39 is 11.7 Å². The molecule has 1 atom stereocenters. The lowest BCUT2D eigenvalue weighted by molar-refractivity contribution is -0.137. The van der Waals surface area contributed by atoms with Crippen molar-refractivity contribution in [2.24, 2.45) is 5.92 Å². The second kappa shape index (κ2) is 6.61. The van der Waals surface area contributed by atoms with E-state index in [1.165, 1.54) is 0 Å². The van der Waals surface area contributed by atoms with Crippen molar-refractivity contribution in [3.8, 4) is 0 Å². The van der Waals surface area contributed by atoms with Gasteiger partial charge in [0, 0.05) is 5.54 Å². The number of rotatable bonds is 5. The van der Waals surface area contributed by atoms with Crippen molar-refractivity contribution in [2.45, 2.75) is 52.3 Å². The van der Waals surface area contributed by atoms with Crippen LogP contribution in [0.1, 0.15) is 45.2 Å². The van der Waals surface area contributed by atoms with E-state index in [4.69, 9.17) is 0 Å². The third-order valence-electron chi connectivity index (χ3n) is 3.19. The SMILES string of the molecule is CC(CCc1ccc(C(F)(F)F)cc1)CNC(C)(C)C. The molecule has 0 radical (unpaired) electrons. The van der Waals surface area contributed by atoms with Gasteiger partial charge in [-0.1, -0.05) is 19.1 Å². The Morgan fingerprint density at radius 2 is 1.60 bits per heavy atom. The average Bonchev–Trinajstić information content (AvgIpc) is 2.32. The van der Waals surface area contributed by atoms with Gasteiger partial charge >= 0.3 is 6.18 Å². The molecule has 20 heavy (non-hydrogen) atoms. The number of hydrogen-bond donors (Lipinski definition) is 1. The predicted octanol–water partition coefficient (Wildman–Crippen LogP) is 4.66. The molecule has 0 aliphatic rings. The summed E-state index contributed by atoms with van der Waals surface area (Å²) in [7, 11) is 0. The number of halogens is 3. The van der Waals surface area contributed by atoms with Gasteiger partial charge in [-0.2, -0.15) is 13.2 Å². The molecule has 1 nitrogen and oxygen atoms in total. The van der Waals surface area contributed by atoms with Crippen molar-refractivity contribution in [1.82, 2.24) is 5.32 Å². The van der Waals surface area contributed by atoms with Gasteiger partial charge in [-0.3, -0.25) is 0 Å². The highest BCUT2D eigenvalue weighted by Crippen LogP contribution is 2.29. The monoisotopic (exact) mass is 287 g/mol. The van der Waals surface area contributed by atoms with Crippen LogP contribution < -0.4 is 5.32 Å². The Kier molecular flexibility index (Phi) is 5.63. The molecular weight excluding hydrogens is 263 g/mol. The molecule has 0 aliphatic carbocycles. The van der Waals surface area contributed by atoms with Crippen molar-refractivity contribution in [2.75, 3.05) is 6.54 Å². The molecule has 0 spiro atoms. The van der Waals surface area contributed by atoms with Crippen LogP contribution >= 0.6 is 0 Å². The van der Waals surface area contributed by atoms with Crippen LogP contribution in [0.25, 0.3) is 0 Å². The Labute approximate surface area is 119 Å². The highest BCUT2D eigenvalue weighted by Gasteiger charge is 2.29. The first-order valence-corrected chi connectivity index (χ1v) is 6.99. The average molecular weight is 287 g/mol. The van der Waals surface area contributed by atoms with Crippen LogP contribution in [0.15, 0.2) is 24.3 Å². The van der Waals surface area contributed by atoms with Gasteiger partial charge in [-0.05, 0) is 63.8 Å². The lowest BCUT2D eigenvalue weighted by Gasteiger charge is -2.23. The number of aryl methyl sites for hydroxylation is 1. The standard InChI is InChI=1S/C16H24F3N/c1-12(11-20-15(2,3)4)5-6-13-7-9-14(10-8-13)16(17,18)19/h7-10,12,20H,5-6,11H2,1-4H3. The summed E-state index contributed by atoms with van der Waals surface area (Å²) in [5.74, 6) is 0.497.